The molecule has 2 heterocycles. The molecule has 0 bridgehead atoms. The number of carbonyl (C=O) groups excluding carboxylic acids is 1. The highest BCUT2D eigenvalue weighted by atomic mass is 16.1. The first-order valence-electron chi connectivity index (χ1n) is 8.10. The zero-order valence-corrected chi connectivity index (χ0v) is 12.8. The highest BCUT2D eigenvalue weighted by Gasteiger charge is 2.22. The van der Waals surface area contributed by atoms with E-state index in [-0.39, 0.29) is 5.91 Å². The first kappa shape index (κ1) is 14.5. The SMILES string of the molecule is CCN1CCC(CNC(=O)c2cccc3c2CCNC3)C1. The molecule has 0 saturated carbocycles. The van der Waals surface area contributed by atoms with E-state index < -0.39 is 0 Å². The van der Waals surface area contributed by atoms with Gasteiger partial charge in [-0.25, -0.2) is 0 Å². The lowest BCUT2D eigenvalue weighted by Crippen LogP contribution is -2.33. The second kappa shape index (κ2) is 6.58. The van der Waals surface area contributed by atoms with E-state index in [9.17, 15) is 4.79 Å². The first-order chi connectivity index (χ1) is 10.3. The van der Waals surface area contributed by atoms with Gasteiger partial charge in [-0.3, -0.25) is 4.79 Å². The van der Waals surface area contributed by atoms with Crippen LogP contribution in [0.4, 0.5) is 0 Å². The maximum atomic E-state index is 12.5. The summed E-state index contributed by atoms with van der Waals surface area (Å²) in [5, 5.41) is 6.51. The van der Waals surface area contributed by atoms with Crippen molar-refractivity contribution in [2.45, 2.75) is 26.3 Å². The Balaban J connectivity index is 1.61. The number of likely N-dealkylation sites (tertiary alicyclic amines) is 1. The van der Waals surface area contributed by atoms with E-state index in [0.29, 0.717) is 5.92 Å². The fourth-order valence-corrected chi connectivity index (χ4v) is 3.44. The van der Waals surface area contributed by atoms with Gasteiger partial charge in [0.1, 0.15) is 0 Å². The molecule has 4 nitrogen and oxygen atoms in total. The van der Waals surface area contributed by atoms with Gasteiger partial charge >= 0.3 is 0 Å². The van der Waals surface area contributed by atoms with Gasteiger partial charge in [0.15, 0.2) is 0 Å². The Labute approximate surface area is 126 Å². The Kier molecular flexibility index (Phi) is 4.56. The molecule has 1 unspecified atom stereocenters. The third-order valence-electron chi connectivity index (χ3n) is 4.75. The molecule has 1 saturated heterocycles. The standard InChI is InChI=1S/C17H25N3O/c1-2-20-9-7-13(12-20)10-19-17(21)16-5-3-4-14-11-18-8-6-15(14)16/h3-5,13,18H,2,6-12H2,1H3,(H,19,21). The van der Waals surface area contributed by atoms with Crippen molar-refractivity contribution in [2.24, 2.45) is 5.92 Å². The van der Waals surface area contributed by atoms with E-state index in [1.165, 1.54) is 24.1 Å². The van der Waals surface area contributed by atoms with Gasteiger partial charge in [0.2, 0.25) is 0 Å². The highest BCUT2D eigenvalue weighted by Crippen LogP contribution is 2.19. The summed E-state index contributed by atoms with van der Waals surface area (Å²) >= 11 is 0. The Bertz CT molecular complexity index is 515. The van der Waals surface area contributed by atoms with Crippen LogP contribution in [0, 0.1) is 5.92 Å². The second-order valence-electron chi connectivity index (χ2n) is 6.13. The van der Waals surface area contributed by atoms with Crippen molar-refractivity contribution in [1.29, 1.82) is 0 Å². The summed E-state index contributed by atoms with van der Waals surface area (Å²) in [6.07, 6.45) is 2.15. The molecule has 1 amide bonds. The first-order valence-corrected chi connectivity index (χ1v) is 8.10. The number of benzene rings is 1. The van der Waals surface area contributed by atoms with Gasteiger partial charge in [0, 0.05) is 25.2 Å². The summed E-state index contributed by atoms with van der Waals surface area (Å²) in [4.78, 5) is 14.9. The van der Waals surface area contributed by atoms with Gasteiger partial charge in [-0.2, -0.15) is 0 Å². The van der Waals surface area contributed by atoms with Crippen LogP contribution in [0.2, 0.25) is 0 Å². The van der Waals surface area contributed by atoms with Crippen molar-refractivity contribution in [3.05, 3.63) is 34.9 Å². The Hall–Kier alpha value is -1.39. The lowest BCUT2D eigenvalue weighted by molar-refractivity contribution is 0.0946. The molecule has 0 aliphatic carbocycles. The number of nitrogens with zero attached hydrogens (tertiary/aromatic N) is 1. The minimum Gasteiger partial charge on any atom is -0.352 e. The molecule has 1 aromatic rings. The molecular formula is C17H25N3O. The van der Waals surface area contributed by atoms with Gasteiger partial charge in [-0.15, -0.1) is 0 Å². The van der Waals surface area contributed by atoms with Crippen LogP contribution < -0.4 is 10.6 Å². The Morgan fingerprint density at radius 3 is 3.19 bits per heavy atom. The molecule has 2 aliphatic heterocycles. The zero-order chi connectivity index (χ0) is 14.7. The minimum absolute atomic E-state index is 0.101. The van der Waals surface area contributed by atoms with Crippen LogP contribution in [0.15, 0.2) is 18.2 Å². The predicted octanol–water partition coefficient (Wildman–Crippen LogP) is 1.40. The summed E-state index contributed by atoms with van der Waals surface area (Å²) in [5.41, 5.74) is 3.38. The van der Waals surface area contributed by atoms with Crippen LogP contribution in [-0.2, 0) is 13.0 Å². The third-order valence-corrected chi connectivity index (χ3v) is 4.75. The number of hydrogen-bond donors (Lipinski definition) is 2. The average molecular weight is 287 g/mol. The second-order valence-corrected chi connectivity index (χ2v) is 6.13. The molecular weight excluding hydrogens is 262 g/mol. The van der Waals surface area contributed by atoms with Gasteiger partial charge < -0.3 is 15.5 Å². The van der Waals surface area contributed by atoms with Crippen LogP contribution in [0.25, 0.3) is 0 Å². The largest absolute Gasteiger partial charge is 0.352 e. The summed E-state index contributed by atoms with van der Waals surface area (Å²) in [6.45, 7) is 8.25. The van der Waals surface area contributed by atoms with Crippen molar-refractivity contribution in [3.8, 4) is 0 Å². The van der Waals surface area contributed by atoms with E-state index >= 15 is 0 Å². The molecule has 0 aromatic heterocycles. The Morgan fingerprint density at radius 1 is 1.48 bits per heavy atom. The fourth-order valence-electron chi connectivity index (χ4n) is 3.44. The fraction of sp³-hybridized carbons (Fsp3) is 0.588. The maximum Gasteiger partial charge on any atom is 0.251 e. The van der Waals surface area contributed by atoms with Gasteiger partial charge in [-0.05, 0) is 55.6 Å². The number of rotatable bonds is 4. The van der Waals surface area contributed by atoms with Crippen molar-refractivity contribution in [3.63, 3.8) is 0 Å². The van der Waals surface area contributed by atoms with Crippen LogP contribution >= 0.6 is 0 Å². The lowest BCUT2D eigenvalue weighted by atomic mass is 9.95. The van der Waals surface area contributed by atoms with Crippen molar-refractivity contribution in [1.82, 2.24) is 15.5 Å². The molecule has 114 valence electrons. The van der Waals surface area contributed by atoms with Crippen LogP contribution in [0.3, 0.4) is 0 Å². The van der Waals surface area contributed by atoms with Gasteiger partial charge in [-0.1, -0.05) is 19.1 Å². The molecule has 1 fully saturated rings. The Morgan fingerprint density at radius 2 is 2.38 bits per heavy atom. The third kappa shape index (κ3) is 3.27. The number of amides is 1. The average Bonchev–Trinajstić information content (AvgIpc) is 3.00. The molecule has 3 rings (SSSR count). The van der Waals surface area contributed by atoms with E-state index in [4.69, 9.17) is 0 Å². The molecule has 2 N–H and O–H groups in total. The molecule has 1 aromatic carbocycles. The van der Waals surface area contributed by atoms with E-state index in [0.717, 1.165) is 44.7 Å². The molecule has 21 heavy (non-hydrogen) atoms. The van der Waals surface area contributed by atoms with E-state index in [1.807, 2.05) is 12.1 Å². The van der Waals surface area contributed by atoms with Gasteiger partial charge in [0.25, 0.3) is 5.91 Å². The molecule has 0 radical (unpaired) electrons. The summed E-state index contributed by atoms with van der Waals surface area (Å²) in [5.74, 6) is 0.707. The van der Waals surface area contributed by atoms with Crippen LogP contribution in [0.1, 0.15) is 34.8 Å². The number of hydrogen-bond acceptors (Lipinski definition) is 3. The molecule has 2 aliphatic rings. The molecule has 0 spiro atoms. The van der Waals surface area contributed by atoms with E-state index in [1.54, 1.807) is 0 Å². The van der Waals surface area contributed by atoms with Crippen LogP contribution in [-0.4, -0.2) is 43.5 Å². The minimum atomic E-state index is 0.101. The highest BCUT2D eigenvalue weighted by molar-refractivity contribution is 5.96. The number of carbonyl (C=O) groups is 1. The summed E-state index contributed by atoms with van der Waals surface area (Å²) in [7, 11) is 0. The topological polar surface area (TPSA) is 44.4 Å². The smallest absolute Gasteiger partial charge is 0.251 e. The number of nitrogens with one attached hydrogen (secondary N) is 2. The van der Waals surface area contributed by atoms with Crippen LogP contribution in [0.5, 0.6) is 0 Å². The lowest BCUT2D eigenvalue weighted by Gasteiger charge is -2.20. The van der Waals surface area contributed by atoms with Gasteiger partial charge in [0.05, 0.1) is 0 Å². The molecule has 1 atom stereocenters. The molecule has 4 heteroatoms. The normalized spacial score (nSPS) is 22.0. The number of fused-ring (bicyclic) bond motifs is 1. The maximum absolute atomic E-state index is 12.5. The monoisotopic (exact) mass is 287 g/mol. The quantitative estimate of drug-likeness (QED) is 0.880. The van der Waals surface area contributed by atoms with Crippen molar-refractivity contribution < 1.29 is 4.79 Å². The predicted molar refractivity (Wildman–Crippen MR) is 84.4 cm³/mol. The van der Waals surface area contributed by atoms with E-state index in [2.05, 4.69) is 28.5 Å². The van der Waals surface area contributed by atoms with Crippen molar-refractivity contribution >= 4 is 5.91 Å². The zero-order valence-electron chi connectivity index (χ0n) is 12.8. The summed E-state index contributed by atoms with van der Waals surface area (Å²) in [6, 6.07) is 6.08. The summed E-state index contributed by atoms with van der Waals surface area (Å²) < 4.78 is 0. The van der Waals surface area contributed by atoms with Crippen molar-refractivity contribution in [2.75, 3.05) is 32.7 Å².